The lowest BCUT2D eigenvalue weighted by atomic mass is 10.3. The summed E-state index contributed by atoms with van der Waals surface area (Å²) in [5.41, 5.74) is 3.90. The molecule has 11 nitrogen and oxygen atoms in total. The van der Waals surface area contributed by atoms with Gasteiger partial charge in [0, 0.05) is 19.0 Å². The van der Waals surface area contributed by atoms with E-state index in [1.54, 1.807) is 0 Å². The fourth-order valence-electron chi connectivity index (χ4n) is 2.26. The number of hydrazine groups is 1. The molecule has 0 fully saturated rings. The van der Waals surface area contributed by atoms with Gasteiger partial charge in [0.15, 0.2) is 12.4 Å². The number of carbonyl (C=O) groups is 2. The van der Waals surface area contributed by atoms with Gasteiger partial charge in [0.25, 0.3) is 5.91 Å². The number of nitro benzene ring substituents is 1. The first-order valence-corrected chi connectivity index (χ1v) is 10.4. The van der Waals surface area contributed by atoms with Gasteiger partial charge >= 0.3 is 5.69 Å². The average Bonchev–Trinajstić information content (AvgIpc) is 2.74. The first-order chi connectivity index (χ1) is 14.7. The maximum atomic E-state index is 12.9. The molecule has 0 radical (unpaired) electrons. The number of carbonyl (C=O) groups excluding carboxylic acids is 2. The van der Waals surface area contributed by atoms with Gasteiger partial charge in [0.2, 0.25) is 15.9 Å². The number of benzene rings is 2. The van der Waals surface area contributed by atoms with Crippen molar-refractivity contribution < 1.29 is 32.1 Å². The van der Waals surface area contributed by atoms with E-state index in [2.05, 4.69) is 15.6 Å². The van der Waals surface area contributed by atoms with Gasteiger partial charge in [-0.25, -0.2) is 17.5 Å². The third-order valence-corrected chi connectivity index (χ3v) is 5.24. The quantitative estimate of drug-likeness (QED) is 0.275. The van der Waals surface area contributed by atoms with E-state index in [4.69, 9.17) is 4.74 Å². The Morgan fingerprint density at radius 1 is 1.03 bits per heavy atom. The van der Waals surface area contributed by atoms with Crippen molar-refractivity contribution in [2.75, 3.05) is 13.2 Å². The molecule has 0 aromatic heterocycles. The molecule has 0 aliphatic carbocycles. The summed E-state index contributed by atoms with van der Waals surface area (Å²) >= 11 is 0. The van der Waals surface area contributed by atoms with Gasteiger partial charge in [-0.05, 0) is 36.8 Å². The van der Waals surface area contributed by atoms with Crippen LogP contribution in [0.4, 0.5) is 10.1 Å². The number of nitrogens with one attached hydrogen (secondary N) is 3. The van der Waals surface area contributed by atoms with Gasteiger partial charge in [-0.2, -0.15) is 0 Å². The van der Waals surface area contributed by atoms with E-state index in [1.165, 1.54) is 24.3 Å². The molecule has 2 aromatic carbocycles. The molecule has 2 aromatic rings. The lowest BCUT2D eigenvalue weighted by Gasteiger charge is -2.09. The summed E-state index contributed by atoms with van der Waals surface area (Å²) in [6.45, 7) is -0.621. The minimum absolute atomic E-state index is 0.0537. The Labute approximate surface area is 176 Å². The summed E-state index contributed by atoms with van der Waals surface area (Å²) < 4.78 is 44.2. The number of hydrogen-bond donors (Lipinski definition) is 3. The van der Waals surface area contributed by atoms with Crippen molar-refractivity contribution in [2.45, 2.75) is 17.7 Å². The Bertz CT molecular complexity index is 1050. The summed E-state index contributed by atoms with van der Waals surface area (Å²) in [6.07, 6.45) is 0.0338. The number of halogens is 1. The predicted octanol–water partition coefficient (Wildman–Crippen LogP) is 1.02. The third-order valence-electron chi connectivity index (χ3n) is 3.76. The molecule has 2 rings (SSSR count). The molecule has 0 spiro atoms. The Morgan fingerprint density at radius 2 is 1.68 bits per heavy atom. The van der Waals surface area contributed by atoms with Crippen LogP contribution in [0.5, 0.6) is 5.75 Å². The molecular formula is C18H19FN4O7S. The number of sulfonamides is 1. The maximum Gasteiger partial charge on any atom is 0.310 e. The van der Waals surface area contributed by atoms with Gasteiger partial charge in [-0.3, -0.25) is 30.6 Å². The van der Waals surface area contributed by atoms with Crippen molar-refractivity contribution in [3.8, 4) is 5.75 Å². The third kappa shape index (κ3) is 7.64. The van der Waals surface area contributed by atoms with E-state index in [0.29, 0.717) is 0 Å². The molecule has 31 heavy (non-hydrogen) atoms. The number of rotatable bonds is 10. The monoisotopic (exact) mass is 454 g/mol. The van der Waals surface area contributed by atoms with Crippen LogP contribution in [0, 0.1) is 15.9 Å². The van der Waals surface area contributed by atoms with Gasteiger partial charge in [0.1, 0.15) is 5.82 Å². The lowest BCUT2D eigenvalue weighted by Crippen LogP contribution is -2.44. The molecule has 0 bridgehead atoms. The molecule has 0 heterocycles. The number of nitrogens with zero attached hydrogens (tertiary/aromatic N) is 1. The number of para-hydroxylation sites is 2. The highest BCUT2D eigenvalue weighted by Gasteiger charge is 2.16. The summed E-state index contributed by atoms with van der Waals surface area (Å²) in [5.74, 6) is -1.99. The van der Waals surface area contributed by atoms with E-state index < -0.39 is 39.2 Å². The molecule has 3 N–H and O–H groups in total. The van der Waals surface area contributed by atoms with Crippen molar-refractivity contribution in [1.82, 2.24) is 15.6 Å². The molecule has 166 valence electrons. The molecular weight excluding hydrogens is 435 g/mol. The van der Waals surface area contributed by atoms with Crippen LogP contribution in [-0.4, -0.2) is 38.3 Å². The van der Waals surface area contributed by atoms with Crippen LogP contribution in [0.1, 0.15) is 12.8 Å². The standard InChI is InChI=1S/C18H19FN4O7S/c19-13-7-9-14(10-8-13)31(28,29)20-11-3-6-17(24)21-22-18(25)12-30-16-5-2-1-4-15(16)23(26)27/h1-2,4-5,7-10,20H,3,6,11-12H2,(H,21,24)(H,22,25). The number of nitro groups is 1. The van der Waals surface area contributed by atoms with Crippen LogP contribution in [0.25, 0.3) is 0 Å². The molecule has 0 unspecified atom stereocenters. The fourth-order valence-corrected chi connectivity index (χ4v) is 3.34. The van der Waals surface area contributed by atoms with Gasteiger partial charge in [-0.15, -0.1) is 0 Å². The van der Waals surface area contributed by atoms with E-state index in [-0.39, 0.29) is 35.7 Å². The molecule has 0 saturated heterocycles. The van der Waals surface area contributed by atoms with E-state index in [9.17, 15) is 32.5 Å². The Hall–Kier alpha value is -3.58. The number of amides is 2. The van der Waals surface area contributed by atoms with Crippen LogP contribution in [0.2, 0.25) is 0 Å². The smallest absolute Gasteiger partial charge is 0.310 e. The molecule has 0 aliphatic heterocycles. The van der Waals surface area contributed by atoms with Crippen molar-refractivity contribution in [3.63, 3.8) is 0 Å². The summed E-state index contributed by atoms with van der Waals surface area (Å²) in [6, 6.07) is 9.78. The van der Waals surface area contributed by atoms with E-state index in [1.807, 2.05) is 0 Å². The van der Waals surface area contributed by atoms with E-state index in [0.717, 1.165) is 24.3 Å². The Kier molecular flexibility index (Phi) is 8.40. The van der Waals surface area contributed by atoms with Crippen LogP contribution in [0.3, 0.4) is 0 Å². The molecule has 0 saturated carbocycles. The number of ether oxygens (including phenoxy) is 1. The van der Waals surface area contributed by atoms with Crippen LogP contribution in [0.15, 0.2) is 53.4 Å². The topological polar surface area (TPSA) is 157 Å². The fraction of sp³-hybridized carbons (Fsp3) is 0.222. The molecule has 0 atom stereocenters. The predicted molar refractivity (Wildman–Crippen MR) is 106 cm³/mol. The largest absolute Gasteiger partial charge is 0.477 e. The van der Waals surface area contributed by atoms with Crippen molar-refractivity contribution in [3.05, 3.63) is 64.5 Å². The van der Waals surface area contributed by atoms with Crippen molar-refractivity contribution in [2.24, 2.45) is 0 Å². The molecule has 0 aliphatic rings. The van der Waals surface area contributed by atoms with Crippen LogP contribution in [-0.2, 0) is 19.6 Å². The first-order valence-electron chi connectivity index (χ1n) is 8.88. The van der Waals surface area contributed by atoms with Crippen LogP contribution >= 0.6 is 0 Å². The highest BCUT2D eigenvalue weighted by molar-refractivity contribution is 7.89. The lowest BCUT2D eigenvalue weighted by molar-refractivity contribution is -0.385. The number of hydrogen-bond acceptors (Lipinski definition) is 7. The zero-order valence-corrected chi connectivity index (χ0v) is 16.9. The maximum absolute atomic E-state index is 12.9. The summed E-state index contributed by atoms with van der Waals surface area (Å²) in [4.78, 5) is 33.5. The van der Waals surface area contributed by atoms with Crippen LogP contribution < -0.4 is 20.3 Å². The van der Waals surface area contributed by atoms with Gasteiger partial charge < -0.3 is 4.74 Å². The Balaban J connectivity index is 1.67. The van der Waals surface area contributed by atoms with Crippen molar-refractivity contribution in [1.29, 1.82) is 0 Å². The SMILES string of the molecule is O=C(CCCNS(=O)(=O)c1ccc(F)cc1)NNC(=O)COc1ccccc1[N+](=O)[O-]. The second-order valence-corrected chi connectivity index (χ2v) is 7.83. The van der Waals surface area contributed by atoms with Gasteiger partial charge in [0.05, 0.1) is 9.82 Å². The minimum atomic E-state index is -3.83. The summed E-state index contributed by atoms with van der Waals surface area (Å²) in [5, 5.41) is 10.9. The zero-order chi connectivity index (χ0) is 22.9. The highest BCUT2D eigenvalue weighted by atomic mass is 32.2. The zero-order valence-electron chi connectivity index (χ0n) is 16.0. The second-order valence-electron chi connectivity index (χ2n) is 6.07. The second kappa shape index (κ2) is 11.0. The van der Waals surface area contributed by atoms with Crippen molar-refractivity contribution >= 4 is 27.5 Å². The normalized spacial score (nSPS) is 10.9. The van der Waals surface area contributed by atoms with E-state index >= 15 is 0 Å². The summed E-state index contributed by atoms with van der Waals surface area (Å²) in [7, 11) is -3.83. The molecule has 2 amide bonds. The van der Waals surface area contributed by atoms with Gasteiger partial charge in [-0.1, -0.05) is 12.1 Å². The first kappa shape index (κ1) is 23.7. The Morgan fingerprint density at radius 3 is 2.35 bits per heavy atom. The minimum Gasteiger partial charge on any atom is -0.477 e. The average molecular weight is 454 g/mol. The molecule has 13 heteroatoms. The highest BCUT2D eigenvalue weighted by Crippen LogP contribution is 2.25.